The fourth-order valence-corrected chi connectivity index (χ4v) is 2.41. The number of amides is 1. The molecule has 1 aliphatic rings. The zero-order chi connectivity index (χ0) is 10.7. The van der Waals surface area contributed by atoms with E-state index in [2.05, 4.69) is 18.7 Å². The predicted molar refractivity (Wildman–Crippen MR) is 57.8 cm³/mol. The predicted octanol–water partition coefficient (Wildman–Crippen LogP) is 1.37. The summed E-state index contributed by atoms with van der Waals surface area (Å²) in [5.41, 5.74) is 5.41. The molecule has 1 heterocycles. The molecule has 3 atom stereocenters. The van der Waals surface area contributed by atoms with Crippen molar-refractivity contribution in [2.45, 2.75) is 52.1 Å². The molecule has 0 aromatic rings. The summed E-state index contributed by atoms with van der Waals surface area (Å²) in [5, 5.41) is 0. The third kappa shape index (κ3) is 2.27. The van der Waals surface area contributed by atoms with Gasteiger partial charge in [0.15, 0.2) is 0 Å². The second-order valence-electron chi connectivity index (χ2n) is 4.42. The summed E-state index contributed by atoms with van der Waals surface area (Å²) in [6.45, 7) is 7.51. The van der Waals surface area contributed by atoms with Crippen LogP contribution in [0.25, 0.3) is 0 Å². The summed E-state index contributed by atoms with van der Waals surface area (Å²) >= 11 is 0. The first kappa shape index (κ1) is 11.5. The number of likely N-dealkylation sites (tertiary alicyclic amines) is 1. The van der Waals surface area contributed by atoms with Crippen LogP contribution < -0.4 is 5.73 Å². The Labute approximate surface area is 86.6 Å². The number of nitrogens with zero attached hydrogens (tertiary/aromatic N) is 1. The van der Waals surface area contributed by atoms with Gasteiger partial charge in [0, 0.05) is 6.04 Å². The maximum atomic E-state index is 11.3. The minimum Gasteiger partial charge on any atom is -0.368 e. The molecule has 0 radical (unpaired) electrons. The molecule has 1 aliphatic heterocycles. The first-order chi connectivity index (χ1) is 6.57. The zero-order valence-corrected chi connectivity index (χ0v) is 9.49. The molecule has 1 fully saturated rings. The smallest absolute Gasteiger partial charge is 0.234 e. The summed E-state index contributed by atoms with van der Waals surface area (Å²) in [4.78, 5) is 13.5. The lowest BCUT2D eigenvalue weighted by atomic mass is 9.90. The molecular formula is C11H22N2O. The Hall–Kier alpha value is -0.570. The molecule has 14 heavy (non-hydrogen) atoms. The van der Waals surface area contributed by atoms with E-state index < -0.39 is 0 Å². The van der Waals surface area contributed by atoms with Gasteiger partial charge in [0.2, 0.25) is 5.91 Å². The molecule has 0 aromatic heterocycles. The van der Waals surface area contributed by atoms with Gasteiger partial charge in [-0.15, -0.1) is 0 Å². The number of piperidine rings is 1. The molecule has 1 amide bonds. The third-order valence-electron chi connectivity index (χ3n) is 3.54. The Morgan fingerprint density at radius 1 is 1.57 bits per heavy atom. The van der Waals surface area contributed by atoms with Crippen molar-refractivity contribution in [2.75, 3.05) is 6.54 Å². The van der Waals surface area contributed by atoms with E-state index in [0.717, 1.165) is 13.0 Å². The van der Waals surface area contributed by atoms with Crippen molar-refractivity contribution < 1.29 is 4.79 Å². The molecule has 3 nitrogen and oxygen atoms in total. The van der Waals surface area contributed by atoms with Crippen LogP contribution in [-0.2, 0) is 4.79 Å². The van der Waals surface area contributed by atoms with E-state index in [4.69, 9.17) is 5.73 Å². The van der Waals surface area contributed by atoms with E-state index in [1.165, 1.54) is 12.8 Å². The molecule has 0 spiro atoms. The van der Waals surface area contributed by atoms with Crippen LogP contribution in [0.5, 0.6) is 0 Å². The topological polar surface area (TPSA) is 46.3 Å². The van der Waals surface area contributed by atoms with Crippen molar-refractivity contribution in [3.05, 3.63) is 0 Å². The van der Waals surface area contributed by atoms with E-state index in [1.807, 2.05) is 6.92 Å². The summed E-state index contributed by atoms with van der Waals surface area (Å²) in [6.07, 6.45) is 3.29. The van der Waals surface area contributed by atoms with Crippen molar-refractivity contribution in [3.8, 4) is 0 Å². The van der Waals surface area contributed by atoms with Gasteiger partial charge in [0.05, 0.1) is 6.04 Å². The normalized spacial score (nSPS) is 31.4. The molecular weight excluding hydrogens is 176 g/mol. The van der Waals surface area contributed by atoms with Crippen molar-refractivity contribution in [1.82, 2.24) is 4.90 Å². The zero-order valence-electron chi connectivity index (χ0n) is 9.49. The summed E-state index contributed by atoms with van der Waals surface area (Å²) < 4.78 is 0. The van der Waals surface area contributed by atoms with Crippen molar-refractivity contribution in [3.63, 3.8) is 0 Å². The van der Waals surface area contributed by atoms with Crippen LogP contribution in [-0.4, -0.2) is 29.4 Å². The number of rotatable bonds is 3. The summed E-state index contributed by atoms with van der Waals surface area (Å²) in [6, 6.07) is 0.425. The monoisotopic (exact) mass is 198 g/mol. The van der Waals surface area contributed by atoms with E-state index in [-0.39, 0.29) is 11.9 Å². The Morgan fingerprint density at radius 2 is 2.21 bits per heavy atom. The first-order valence-corrected chi connectivity index (χ1v) is 5.63. The fraction of sp³-hybridized carbons (Fsp3) is 0.909. The quantitative estimate of drug-likeness (QED) is 0.744. The Balaban J connectivity index is 2.68. The highest BCUT2D eigenvalue weighted by atomic mass is 16.1. The highest BCUT2D eigenvalue weighted by molar-refractivity contribution is 5.79. The van der Waals surface area contributed by atoms with Gasteiger partial charge in [-0.1, -0.05) is 13.8 Å². The van der Waals surface area contributed by atoms with Crippen LogP contribution in [0.15, 0.2) is 0 Å². The van der Waals surface area contributed by atoms with Crippen LogP contribution in [0.3, 0.4) is 0 Å². The lowest BCUT2D eigenvalue weighted by molar-refractivity contribution is -0.125. The molecule has 1 rings (SSSR count). The van der Waals surface area contributed by atoms with Crippen molar-refractivity contribution >= 4 is 5.91 Å². The van der Waals surface area contributed by atoms with Crippen LogP contribution in [0.4, 0.5) is 0 Å². The van der Waals surface area contributed by atoms with E-state index >= 15 is 0 Å². The molecule has 82 valence electrons. The summed E-state index contributed by atoms with van der Waals surface area (Å²) in [5.74, 6) is 0.505. The van der Waals surface area contributed by atoms with Gasteiger partial charge in [-0.25, -0.2) is 0 Å². The van der Waals surface area contributed by atoms with Crippen molar-refractivity contribution in [2.24, 2.45) is 11.7 Å². The fourth-order valence-electron chi connectivity index (χ4n) is 2.41. The number of nitrogens with two attached hydrogens (primary N) is 1. The molecule has 0 aliphatic carbocycles. The number of carbonyl (C=O) groups is 1. The molecule has 0 saturated carbocycles. The number of carbonyl (C=O) groups excluding carboxylic acids is 1. The Bertz CT molecular complexity index is 205. The standard InChI is InChI=1S/C11H22N2O/c1-4-10(11(12)14)13-7-5-6-8(2)9(13)3/h8-10H,4-7H2,1-3H3,(H2,12,14). The molecule has 1 saturated heterocycles. The molecule has 0 bridgehead atoms. The summed E-state index contributed by atoms with van der Waals surface area (Å²) in [7, 11) is 0. The molecule has 3 heteroatoms. The van der Waals surface area contributed by atoms with Gasteiger partial charge in [0.25, 0.3) is 0 Å². The maximum absolute atomic E-state index is 11.3. The van der Waals surface area contributed by atoms with Gasteiger partial charge in [0.1, 0.15) is 0 Å². The van der Waals surface area contributed by atoms with Gasteiger partial charge >= 0.3 is 0 Å². The lowest BCUT2D eigenvalue weighted by Crippen LogP contribution is -2.53. The second-order valence-corrected chi connectivity index (χ2v) is 4.42. The second kappa shape index (κ2) is 4.78. The molecule has 0 aromatic carbocycles. The SMILES string of the molecule is CCC(C(N)=O)N1CCCC(C)C1C. The molecule has 2 N–H and O–H groups in total. The van der Waals surface area contributed by atoms with Gasteiger partial charge < -0.3 is 5.73 Å². The minimum absolute atomic E-state index is 0.0623. The van der Waals surface area contributed by atoms with Crippen LogP contribution in [0, 0.1) is 5.92 Å². The van der Waals surface area contributed by atoms with Crippen LogP contribution >= 0.6 is 0 Å². The van der Waals surface area contributed by atoms with Crippen LogP contribution in [0.2, 0.25) is 0 Å². The largest absolute Gasteiger partial charge is 0.368 e. The van der Waals surface area contributed by atoms with Gasteiger partial charge in [-0.05, 0) is 38.6 Å². The van der Waals surface area contributed by atoms with E-state index in [1.54, 1.807) is 0 Å². The minimum atomic E-state index is -0.173. The van der Waals surface area contributed by atoms with Crippen LogP contribution in [0.1, 0.15) is 40.0 Å². The van der Waals surface area contributed by atoms with Gasteiger partial charge in [-0.2, -0.15) is 0 Å². The van der Waals surface area contributed by atoms with E-state index in [9.17, 15) is 4.79 Å². The number of hydrogen-bond acceptors (Lipinski definition) is 2. The molecule has 3 unspecified atom stereocenters. The maximum Gasteiger partial charge on any atom is 0.234 e. The Morgan fingerprint density at radius 3 is 2.71 bits per heavy atom. The lowest BCUT2D eigenvalue weighted by Gasteiger charge is -2.41. The van der Waals surface area contributed by atoms with Gasteiger partial charge in [-0.3, -0.25) is 9.69 Å². The average molecular weight is 198 g/mol. The van der Waals surface area contributed by atoms with E-state index in [0.29, 0.717) is 12.0 Å². The Kier molecular flexibility index (Phi) is 3.93. The third-order valence-corrected chi connectivity index (χ3v) is 3.54. The number of primary amides is 1. The number of hydrogen-bond donors (Lipinski definition) is 1. The average Bonchev–Trinajstić information content (AvgIpc) is 2.13. The highest BCUT2D eigenvalue weighted by Crippen LogP contribution is 2.25. The van der Waals surface area contributed by atoms with Crippen molar-refractivity contribution in [1.29, 1.82) is 0 Å². The highest BCUT2D eigenvalue weighted by Gasteiger charge is 2.31. The first-order valence-electron chi connectivity index (χ1n) is 5.63.